The summed E-state index contributed by atoms with van der Waals surface area (Å²) in [5.74, 6) is 0. The van der Waals surface area contributed by atoms with Crippen molar-refractivity contribution in [3.63, 3.8) is 0 Å². The van der Waals surface area contributed by atoms with Crippen molar-refractivity contribution in [2.75, 3.05) is 6.54 Å². The minimum atomic E-state index is 0.676. The smallest absolute Gasteiger partial charge is 0.0951 e. The highest BCUT2D eigenvalue weighted by Gasteiger charge is 2.05. The molecule has 1 aromatic rings. The molecule has 0 aliphatic carbocycles. The van der Waals surface area contributed by atoms with E-state index in [1.54, 1.807) is 0 Å². The Morgan fingerprint density at radius 1 is 1.38 bits per heavy atom. The lowest BCUT2D eigenvalue weighted by atomic mass is 10.1. The maximum absolute atomic E-state index is 4.32. The number of imidazole rings is 1. The van der Waals surface area contributed by atoms with Gasteiger partial charge in [0, 0.05) is 18.3 Å². The van der Waals surface area contributed by atoms with Crippen LogP contribution in [0, 0.1) is 13.8 Å². The molecule has 0 amide bonds. The normalized spacial score (nSPS) is 13.0. The summed E-state index contributed by atoms with van der Waals surface area (Å²) in [6, 6.07) is 0.676. The molecule has 1 N–H and O–H groups in total. The number of rotatable bonds is 7. The summed E-state index contributed by atoms with van der Waals surface area (Å²) in [6.45, 7) is 10.8. The van der Waals surface area contributed by atoms with E-state index in [-0.39, 0.29) is 0 Å². The molecule has 1 aromatic heterocycles. The molecule has 0 aliphatic heterocycles. The van der Waals surface area contributed by atoms with Crippen molar-refractivity contribution < 1.29 is 0 Å². The summed E-state index contributed by atoms with van der Waals surface area (Å²) in [5, 5.41) is 3.51. The summed E-state index contributed by atoms with van der Waals surface area (Å²) >= 11 is 0. The molecule has 0 radical (unpaired) electrons. The van der Waals surface area contributed by atoms with Gasteiger partial charge in [0.1, 0.15) is 0 Å². The zero-order valence-corrected chi connectivity index (χ0v) is 11.1. The minimum absolute atomic E-state index is 0.676. The highest BCUT2D eigenvalue weighted by Crippen LogP contribution is 2.08. The Labute approximate surface area is 99.3 Å². The van der Waals surface area contributed by atoms with E-state index in [2.05, 4.69) is 42.6 Å². The molecule has 0 bridgehead atoms. The molecule has 16 heavy (non-hydrogen) atoms. The van der Waals surface area contributed by atoms with Gasteiger partial charge in [0.15, 0.2) is 0 Å². The van der Waals surface area contributed by atoms with Gasteiger partial charge in [-0.2, -0.15) is 0 Å². The van der Waals surface area contributed by atoms with Crippen LogP contribution in [0.2, 0.25) is 0 Å². The van der Waals surface area contributed by atoms with Crippen molar-refractivity contribution >= 4 is 0 Å². The van der Waals surface area contributed by atoms with E-state index < -0.39 is 0 Å². The van der Waals surface area contributed by atoms with E-state index >= 15 is 0 Å². The van der Waals surface area contributed by atoms with E-state index in [4.69, 9.17) is 0 Å². The molecule has 0 saturated heterocycles. The van der Waals surface area contributed by atoms with Crippen LogP contribution in [0.4, 0.5) is 0 Å². The van der Waals surface area contributed by atoms with Crippen molar-refractivity contribution in [2.24, 2.45) is 0 Å². The van der Waals surface area contributed by atoms with Gasteiger partial charge in [-0.3, -0.25) is 0 Å². The van der Waals surface area contributed by atoms with Crippen LogP contribution in [0.3, 0.4) is 0 Å². The predicted molar refractivity (Wildman–Crippen MR) is 68.7 cm³/mol. The topological polar surface area (TPSA) is 29.9 Å². The standard InChI is InChI=1S/C13H25N3/c1-5-13(14-6-2)8-7-9-16-10-15-11(3)12(16)4/h10,13-14H,5-9H2,1-4H3. The fourth-order valence-electron chi connectivity index (χ4n) is 2.02. The molecule has 0 aliphatic rings. The Bertz CT molecular complexity index is 304. The Kier molecular flexibility index (Phi) is 5.53. The fourth-order valence-corrected chi connectivity index (χ4v) is 2.02. The van der Waals surface area contributed by atoms with Gasteiger partial charge in [0.2, 0.25) is 0 Å². The Morgan fingerprint density at radius 3 is 2.62 bits per heavy atom. The second-order valence-electron chi connectivity index (χ2n) is 4.41. The van der Waals surface area contributed by atoms with E-state index in [1.165, 1.54) is 25.0 Å². The molecular weight excluding hydrogens is 198 g/mol. The van der Waals surface area contributed by atoms with Crippen LogP contribution in [0.1, 0.15) is 44.5 Å². The van der Waals surface area contributed by atoms with Gasteiger partial charge in [0.05, 0.1) is 12.0 Å². The Morgan fingerprint density at radius 2 is 2.12 bits per heavy atom. The Balaban J connectivity index is 2.32. The van der Waals surface area contributed by atoms with Crippen LogP contribution in [-0.4, -0.2) is 22.1 Å². The predicted octanol–water partition coefficient (Wildman–Crippen LogP) is 2.67. The third kappa shape index (κ3) is 3.63. The molecule has 1 unspecified atom stereocenters. The molecule has 1 heterocycles. The van der Waals surface area contributed by atoms with Gasteiger partial charge in [0.25, 0.3) is 0 Å². The molecule has 92 valence electrons. The summed E-state index contributed by atoms with van der Waals surface area (Å²) in [5.41, 5.74) is 2.45. The first-order chi connectivity index (χ1) is 7.69. The third-order valence-electron chi connectivity index (χ3n) is 3.28. The van der Waals surface area contributed by atoms with Crippen LogP contribution < -0.4 is 5.32 Å². The van der Waals surface area contributed by atoms with E-state index in [0.717, 1.165) is 18.8 Å². The molecule has 0 saturated carbocycles. The highest BCUT2D eigenvalue weighted by atomic mass is 15.0. The van der Waals surface area contributed by atoms with Crippen LogP contribution in [-0.2, 0) is 6.54 Å². The largest absolute Gasteiger partial charge is 0.335 e. The van der Waals surface area contributed by atoms with Gasteiger partial charge in [-0.1, -0.05) is 13.8 Å². The molecule has 0 spiro atoms. The van der Waals surface area contributed by atoms with E-state index in [1.807, 2.05) is 6.33 Å². The zero-order chi connectivity index (χ0) is 12.0. The average Bonchev–Trinajstić information content (AvgIpc) is 2.59. The highest BCUT2D eigenvalue weighted by molar-refractivity contribution is 5.08. The number of nitrogens with zero attached hydrogens (tertiary/aromatic N) is 2. The first kappa shape index (κ1) is 13.2. The molecule has 1 rings (SSSR count). The molecule has 3 heteroatoms. The van der Waals surface area contributed by atoms with Gasteiger partial charge < -0.3 is 9.88 Å². The quantitative estimate of drug-likeness (QED) is 0.770. The monoisotopic (exact) mass is 223 g/mol. The Hall–Kier alpha value is -0.830. The van der Waals surface area contributed by atoms with Crippen LogP contribution in [0.5, 0.6) is 0 Å². The second kappa shape index (κ2) is 6.69. The van der Waals surface area contributed by atoms with E-state index in [9.17, 15) is 0 Å². The lowest BCUT2D eigenvalue weighted by Crippen LogP contribution is -2.28. The van der Waals surface area contributed by atoms with Crippen LogP contribution >= 0.6 is 0 Å². The number of nitrogens with one attached hydrogen (secondary N) is 1. The first-order valence-electron chi connectivity index (χ1n) is 6.40. The molecule has 3 nitrogen and oxygen atoms in total. The third-order valence-corrected chi connectivity index (χ3v) is 3.28. The van der Waals surface area contributed by atoms with Crippen molar-refractivity contribution in [2.45, 2.75) is 59.5 Å². The SMILES string of the molecule is CCNC(CC)CCCn1cnc(C)c1C. The minimum Gasteiger partial charge on any atom is -0.335 e. The zero-order valence-electron chi connectivity index (χ0n) is 11.1. The maximum Gasteiger partial charge on any atom is 0.0951 e. The van der Waals surface area contributed by atoms with Crippen molar-refractivity contribution in [1.82, 2.24) is 14.9 Å². The summed E-state index contributed by atoms with van der Waals surface area (Å²) in [7, 11) is 0. The number of aromatic nitrogens is 2. The van der Waals surface area contributed by atoms with Gasteiger partial charge in [-0.25, -0.2) is 4.98 Å². The first-order valence-corrected chi connectivity index (χ1v) is 6.40. The summed E-state index contributed by atoms with van der Waals surface area (Å²) < 4.78 is 2.26. The molecule has 0 fully saturated rings. The lowest BCUT2D eigenvalue weighted by Gasteiger charge is -2.15. The van der Waals surface area contributed by atoms with Crippen LogP contribution in [0.25, 0.3) is 0 Å². The average molecular weight is 223 g/mol. The maximum atomic E-state index is 4.32. The molecule has 0 aromatic carbocycles. The van der Waals surface area contributed by atoms with Crippen molar-refractivity contribution in [1.29, 1.82) is 0 Å². The fraction of sp³-hybridized carbons (Fsp3) is 0.769. The number of hydrogen-bond acceptors (Lipinski definition) is 2. The lowest BCUT2D eigenvalue weighted by molar-refractivity contribution is 0.447. The number of hydrogen-bond donors (Lipinski definition) is 1. The van der Waals surface area contributed by atoms with Crippen molar-refractivity contribution in [3.8, 4) is 0 Å². The molecular formula is C13H25N3. The summed E-state index contributed by atoms with van der Waals surface area (Å²) in [6.07, 6.45) is 5.65. The van der Waals surface area contributed by atoms with Gasteiger partial charge in [-0.05, 0) is 39.7 Å². The number of aryl methyl sites for hydroxylation is 2. The molecule has 1 atom stereocenters. The van der Waals surface area contributed by atoms with Gasteiger partial charge >= 0.3 is 0 Å². The van der Waals surface area contributed by atoms with Crippen LogP contribution in [0.15, 0.2) is 6.33 Å². The second-order valence-corrected chi connectivity index (χ2v) is 4.41. The van der Waals surface area contributed by atoms with E-state index in [0.29, 0.717) is 6.04 Å². The summed E-state index contributed by atoms with van der Waals surface area (Å²) in [4.78, 5) is 4.32. The van der Waals surface area contributed by atoms with Gasteiger partial charge in [-0.15, -0.1) is 0 Å². The van der Waals surface area contributed by atoms with Crippen molar-refractivity contribution in [3.05, 3.63) is 17.7 Å².